The van der Waals surface area contributed by atoms with E-state index in [2.05, 4.69) is 26.3 Å². The molecule has 188 valence electrons. The molecule has 0 spiro atoms. The van der Waals surface area contributed by atoms with E-state index >= 15 is 0 Å². The molecular weight excluding hydrogens is 470 g/mol. The van der Waals surface area contributed by atoms with Crippen molar-refractivity contribution in [3.63, 3.8) is 0 Å². The van der Waals surface area contributed by atoms with E-state index in [1.54, 1.807) is 25.7 Å². The Morgan fingerprint density at radius 3 is 2.97 bits per heavy atom. The van der Waals surface area contributed by atoms with Crippen LogP contribution in [0.5, 0.6) is 17.2 Å². The molecule has 0 bridgehead atoms. The zero-order valence-electron chi connectivity index (χ0n) is 20.4. The molecule has 37 heavy (non-hydrogen) atoms. The minimum atomic E-state index is -0.306. The minimum absolute atomic E-state index is 0.109. The highest BCUT2D eigenvalue weighted by Gasteiger charge is 2.30. The smallest absolute Gasteiger partial charge is 0.271 e. The first-order valence-corrected chi connectivity index (χ1v) is 12.2. The number of aromatic nitrogens is 3. The van der Waals surface area contributed by atoms with Crippen LogP contribution >= 0.6 is 0 Å². The second-order valence-corrected chi connectivity index (χ2v) is 8.98. The van der Waals surface area contributed by atoms with Crippen molar-refractivity contribution in [3.05, 3.63) is 100.0 Å². The molecule has 5 heterocycles. The lowest BCUT2D eigenvalue weighted by molar-refractivity contribution is 0.0354. The third-order valence-electron chi connectivity index (χ3n) is 6.70. The number of hydrogen-bond donors (Lipinski definition) is 2. The number of rotatable bonds is 6. The van der Waals surface area contributed by atoms with E-state index in [0.29, 0.717) is 31.9 Å². The first-order chi connectivity index (χ1) is 18.2. The number of morpholine rings is 1. The topological polar surface area (TPSA) is 102 Å². The van der Waals surface area contributed by atoms with Crippen LogP contribution in [0.15, 0.2) is 71.9 Å². The van der Waals surface area contributed by atoms with Crippen LogP contribution in [0.2, 0.25) is 0 Å². The maximum absolute atomic E-state index is 12.3. The van der Waals surface area contributed by atoms with Crippen LogP contribution in [0.25, 0.3) is 0 Å². The number of methoxy groups -OCH3 is 1. The Hall–Kier alpha value is -4.37. The summed E-state index contributed by atoms with van der Waals surface area (Å²) in [4.78, 5) is 26.2. The summed E-state index contributed by atoms with van der Waals surface area (Å²) in [6.45, 7) is 2.21. The SMILES string of the molecule is COc1cccnc1CNc1ccc2c(c1)Cc1ccnc(C3CN(c4ccc[nH]c4=O)CCO3)c1O2. The van der Waals surface area contributed by atoms with Gasteiger partial charge in [-0.2, -0.15) is 0 Å². The van der Waals surface area contributed by atoms with Crippen LogP contribution in [-0.2, 0) is 17.7 Å². The summed E-state index contributed by atoms with van der Waals surface area (Å²) < 4.78 is 17.9. The van der Waals surface area contributed by atoms with Crippen LogP contribution in [0.1, 0.15) is 28.6 Å². The average molecular weight is 498 g/mol. The quantitative estimate of drug-likeness (QED) is 0.362. The van der Waals surface area contributed by atoms with E-state index in [4.69, 9.17) is 14.2 Å². The van der Waals surface area contributed by atoms with Crippen molar-refractivity contribution in [1.82, 2.24) is 15.0 Å². The standard InChI is InChI=1S/C28H27N5O4/c1-35-24-5-3-9-29-21(24)16-32-20-6-7-23-19(15-20)14-18-8-11-30-26(27(18)37-23)25-17-33(12-13-36-25)22-4-2-10-31-28(22)34/h2-11,15,25,32H,12-14,16-17H2,1H3,(H,31,34). The molecule has 0 saturated carbocycles. The predicted octanol–water partition coefficient (Wildman–Crippen LogP) is 4.06. The lowest BCUT2D eigenvalue weighted by Gasteiger charge is -2.34. The monoisotopic (exact) mass is 497 g/mol. The van der Waals surface area contributed by atoms with E-state index in [1.807, 2.05) is 47.4 Å². The van der Waals surface area contributed by atoms with E-state index in [-0.39, 0.29) is 11.7 Å². The van der Waals surface area contributed by atoms with Gasteiger partial charge >= 0.3 is 0 Å². The number of pyridine rings is 3. The fraction of sp³-hybridized carbons (Fsp3) is 0.250. The molecule has 1 unspecified atom stereocenters. The van der Waals surface area contributed by atoms with Gasteiger partial charge in [-0.3, -0.25) is 14.8 Å². The molecule has 1 saturated heterocycles. The number of benzene rings is 1. The van der Waals surface area contributed by atoms with E-state index < -0.39 is 0 Å². The number of nitrogens with one attached hydrogen (secondary N) is 2. The Kier molecular flexibility index (Phi) is 6.20. The average Bonchev–Trinajstić information content (AvgIpc) is 2.95. The first kappa shape index (κ1) is 23.1. The molecular formula is C28H27N5O4. The second-order valence-electron chi connectivity index (χ2n) is 8.98. The summed E-state index contributed by atoms with van der Waals surface area (Å²) in [6.07, 6.45) is 5.61. The Labute approximate surface area is 214 Å². The van der Waals surface area contributed by atoms with Gasteiger partial charge in [0.25, 0.3) is 5.56 Å². The maximum Gasteiger partial charge on any atom is 0.271 e. The number of anilines is 2. The Balaban J connectivity index is 1.21. The lowest BCUT2D eigenvalue weighted by Crippen LogP contribution is -2.41. The molecule has 9 nitrogen and oxygen atoms in total. The fourth-order valence-electron chi connectivity index (χ4n) is 4.86. The van der Waals surface area contributed by atoms with Crippen molar-refractivity contribution in [1.29, 1.82) is 0 Å². The molecule has 2 aliphatic heterocycles. The minimum Gasteiger partial charge on any atom is -0.495 e. The maximum atomic E-state index is 12.3. The van der Waals surface area contributed by atoms with E-state index in [1.165, 1.54) is 0 Å². The third kappa shape index (κ3) is 4.61. The number of ether oxygens (including phenoxy) is 3. The summed E-state index contributed by atoms with van der Waals surface area (Å²) in [5.41, 5.74) is 5.25. The van der Waals surface area contributed by atoms with Crippen molar-refractivity contribution >= 4 is 11.4 Å². The fourth-order valence-corrected chi connectivity index (χ4v) is 4.86. The highest BCUT2D eigenvalue weighted by atomic mass is 16.5. The highest BCUT2D eigenvalue weighted by molar-refractivity contribution is 5.58. The van der Waals surface area contributed by atoms with Gasteiger partial charge in [0, 0.05) is 48.4 Å². The molecule has 4 aromatic rings. The molecule has 6 rings (SSSR count). The van der Waals surface area contributed by atoms with Gasteiger partial charge < -0.3 is 29.4 Å². The second kappa shape index (κ2) is 9.94. The van der Waals surface area contributed by atoms with Crippen molar-refractivity contribution in [2.24, 2.45) is 0 Å². The molecule has 2 aliphatic rings. The summed E-state index contributed by atoms with van der Waals surface area (Å²) in [7, 11) is 1.65. The Bertz CT molecular complexity index is 1490. The zero-order chi connectivity index (χ0) is 25.2. The van der Waals surface area contributed by atoms with Crippen molar-refractivity contribution < 1.29 is 14.2 Å². The van der Waals surface area contributed by atoms with Crippen LogP contribution < -0.4 is 25.2 Å². The molecule has 1 fully saturated rings. The number of H-pyrrole nitrogens is 1. The normalized spacial score (nSPS) is 16.4. The van der Waals surface area contributed by atoms with Crippen LogP contribution in [-0.4, -0.2) is 41.8 Å². The van der Waals surface area contributed by atoms with Crippen molar-refractivity contribution in [3.8, 4) is 17.2 Å². The molecule has 3 aromatic heterocycles. The molecule has 0 radical (unpaired) electrons. The molecule has 0 amide bonds. The largest absolute Gasteiger partial charge is 0.495 e. The van der Waals surface area contributed by atoms with Crippen LogP contribution in [0, 0.1) is 0 Å². The molecule has 1 aromatic carbocycles. The van der Waals surface area contributed by atoms with Gasteiger partial charge in [-0.25, -0.2) is 0 Å². The van der Waals surface area contributed by atoms with Crippen LogP contribution in [0.4, 0.5) is 11.4 Å². The summed E-state index contributed by atoms with van der Waals surface area (Å²) in [5.74, 6) is 2.29. The van der Waals surface area contributed by atoms with Gasteiger partial charge in [0.15, 0.2) is 5.75 Å². The van der Waals surface area contributed by atoms with Gasteiger partial charge in [0.05, 0.1) is 26.8 Å². The molecule has 1 atom stereocenters. The summed E-state index contributed by atoms with van der Waals surface area (Å²) in [6, 6.07) is 15.5. The van der Waals surface area contributed by atoms with Gasteiger partial charge in [0.2, 0.25) is 0 Å². The molecule has 0 aliphatic carbocycles. The van der Waals surface area contributed by atoms with Gasteiger partial charge in [-0.05, 0) is 48.5 Å². The van der Waals surface area contributed by atoms with E-state index in [0.717, 1.165) is 51.9 Å². The number of nitrogens with zero attached hydrogens (tertiary/aromatic N) is 3. The number of fused-ring (bicyclic) bond motifs is 2. The number of hydrogen-bond acceptors (Lipinski definition) is 8. The van der Waals surface area contributed by atoms with Crippen LogP contribution in [0.3, 0.4) is 0 Å². The lowest BCUT2D eigenvalue weighted by atomic mass is 9.98. The predicted molar refractivity (Wildman–Crippen MR) is 140 cm³/mol. The summed E-state index contributed by atoms with van der Waals surface area (Å²) in [5, 5.41) is 3.43. The van der Waals surface area contributed by atoms with Crippen molar-refractivity contribution in [2.75, 3.05) is 37.0 Å². The van der Waals surface area contributed by atoms with Gasteiger partial charge in [-0.1, -0.05) is 0 Å². The van der Waals surface area contributed by atoms with E-state index in [9.17, 15) is 4.79 Å². The Morgan fingerprint density at radius 1 is 1.14 bits per heavy atom. The molecule has 9 heteroatoms. The molecule has 2 N–H and O–H groups in total. The van der Waals surface area contributed by atoms with Crippen molar-refractivity contribution in [2.45, 2.75) is 19.1 Å². The highest BCUT2D eigenvalue weighted by Crippen LogP contribution is 2.42. The van der Waals surface area contributed by atoms with Gasteiger partial charge in [-0.15, -0.1) is 0 Å². The number of aromatic amines is 1. The first-order valence-electron chi connectivity index (χ1n) is 12.2. The summed E-state index contributed by atoms with van der Waals surface area (Å²) >= 11 is 0. The van der Waals surface area contributed by atoms with Gasteiger partial charge in [0.1, 0.15) is 34.7 Å². The third-order valence-corrected chi connectivity index (χ3v) is 6.70. The Morgan fingerprint density at radius 2 is 2.08 bits per heavy atom. The zero-order valence-corrected chi connectivity index (χ0v) is 20.4.